The first-order valence-electron chi connectivity index (χ1n) is 8.88. The largest absolute Gasteiger partial charge is 0.342 e. The average Bonchev–Trinajstić information content (AvgIpc) is 2.49. The molecule has 1 heterocycles. The standard InChI is InChI=1S/C20H32N2O/c1-13(2)20(23)22-8-7-19(17(6)12-22)21-11-18-10-15(4)14(3)9-16(18)5/h9-10,13,17,19,21H,7-8,11-12H2,1-6H3/t17-,19-/m0/s1. The second-order valence-electron chi connectivity index (χ2n) is 7.56. The Kier molecular flexibility index (Phi) is 5.85. The van der Waals surface area contributed by atoms with Crippen LogP contribution in [0.5, 0.6) is 0 Å². The first kappa shape index (κ1) is 18.0. The summed E-state index contributed by atoms with van der Waals surface area (Å²) in [5, 5.41) is 3.73. The molecule has 1 aromatic rings. The predicted octanol–water partition coefficient (Wildman–Crippen LogP) is 3.59. The Labute approximate surface area is 141 Å². The van der Waals surface area contributed by atoms with Crippen molar-refractivity contribution in [3.05, 3.63) is 34.4 Å². The number of rotatable bonds is 4. The van der Waals surface area contributed by atoms with Crippen molar-refractivity contribution in [2.45, 2.75) is 60.5 Å². The molecule has 128 valence electrons. The molecule has 1 N–H and O–H groups in total. The highest BCUT2D eigenvalue weighted by molar-refractivity contribution is 5.78. The van der Waals surface area contributed by atoms with E-state index in [9.17, 15) is 4.79 Å². The minimum atomic E-state index is 0.102. The Morgan fingerprint density at radius 3 is 2.48 bits per heavy atom. The van der Waals surface area contributed by atoms with Crippen LogP contribution in [0.1, 0.15) is 49.4 Å². The second kappa shape index (κ2) is 7.48. The summed E-state index contributed by atoms with van der Waals surface area (Å²) < 4.78 is 0. The number of amides is 1. The Balaban J connectivity index is 1.93. The molecule has 1 fully saturated rings. The van der Waals surface area contributed by atoms with Crippen molar-refractivity contribution in [2.24, 2.45) is 11.8 Å². The monoisotopic (exact) mass is 316 g/mol. The van der Waals surface area contributed by atoms with Crippen molar-refractivity contribution >= 4 is 5.91 Å². The normalized spacial score (nSPS) is 21.8. The van der Waals surface area contributed by atoms with Crippen LogP contribution in [0.25, 0.3) is 0 Å². The van der Waals surface area contributed by atoms with Gasteiger partial charge in [-0.25, -0.2) is 0 Å². The van der Waals surface area contributed by atoms with Crippen LogP contribution in [0.3, 0.4) is 0 Å². The molecule has 0 unspecified atom stereocenters. The molecule has 1 aliphatic heterocycles. The van der Waals surface area contributed by atoms with Gasteiger partial charge in [0.25, 0.3) is 0 Å². The lowest BCUT2D eigenvalue weighted by Crippen LogP contribution is -2.50. The van der Waals surface area contributed by atoms with Gasteiger partial charge in [0.05, 0.1) is 0 Å². The number of likely N-dealkylation sites (tertiary alicyclic amines) is 1. The van der Waals surface area contributed by atoms with Crippen LogP contribution in [-0.4, -0.2) is 29.9 Å². The fraction of sp³-hybridized carbons (Fsp3) is 0.650. The lowest BCUT2D eigenvalue weighted by Gasteiger charge is -2.38. The van der Waals surface area contributed by atoms with E-state index < -0.39 is 0 Å². The molecule has 0 radical (unpaired) electrons. The number of hydrogen-bond acceptors (Lipinski definition) is 2. The van der Waals surface area contributed by atoms with Gasteiger partial charge < -0.3 is 10.2 Å². The molecule has 0 saturated carbocycles. The maximum Gasteiger partial charge on any atom is 0.225 e. The maximum absolute atomic E-state index is 12.1. The molecule has 1 aliphatic rings. The van der Waals surface area contributed by atoms with E-state index in [0.717, 1.165) is 26.1 Å². The summed E-state index contributed by atoms with van der Waals surface area (Å²) in [5.41, 5.74) is 5.47. The van der Waals surface area contributed by atoms with Gasteiger partial charge in [-0.05, 0) is 55.4 Å². The van der Waals surface area contributed by atoms with E-state index in [4.69, 9.17) is 0 Å². The summed E-state index contributed by atoms with van der Waals surface area (Å²) in [7, 11) is 0. The van der Waals surface area contributed by atoms with Crippen LogP contribution >= 0.6 is 0 Å². The fourth-order valence-electron chi connectivity index (χ4n) is 3.47. The number of piperidine rings is 1. The smallest absolute Gasteiger partial charge is 0.225 e. The third-order valence-electron chi connectivity index (χ3n) is 5.22. The zero-order valence-corrected chi connectivity index (χ0v) is 15.6. The van der Waals surface area contributed by atoms with Crippen LogP contribution in [0.4, 0.5) is 0 Å². The molecule has 0 aromatic heterocycles. The Morgan fingerprint density at radius 1 is 1.22 bits per heavy atom. The molecule has 0 aliphatic carbocycles. The third kappa shape index (κ3) is 4.35. The van der Waals surface area contributed by atoms with Crippen molar-refractivity contribution in [3.8, 4) is 0 Å². The number of nitrogens with zero attached hydrogens (tertiary/aromatic N) is 1. The van der Waals surface area contributed by atoms with Gasteiger partial charge in [-0.15, -0.1) is 0 Å². The van der Waals surface area contributed by atoms with Crippen molar-refractivity contribution in [2.75, 3.05) is 13.1 Å². The molecular formula is C20H32N2O. The zero-order valence-electron chi connectivity index (χ0n) is 15.6. The number of nitrogens with one attached hydrogen (secondary N) is 1. The number of carbonyl (C=O) groups is 1. The minimum Gasteiger partial charge on any atom is -0.342 e. The summed E-state index contributed by atoms with van der Waals surface area (Å²) in [5.74, 6) is 0.892. The van der Waals surface area contributed by atoms with Gasteiger partial charge in [-0.3, -0.25) is 4.79 Å². The molecule has 23 heavy (non-hydrogen) atoms. The number of hydrogen-bond donors (Lipinski definition) is 1. The third-order valence-corrected chi connectivity index (χ3v) is 5.22. The summed E-state index contributed by atoms with van der Waals surface area (Å²) in [6, 6.07) is 5.08. The topological polar surface area (TPSA) is 32.3 Å². The molecule has 2 rings (SSSR count). The van der Waals surface area contributed by atoms with Crippen LogP contribution in [0.2, 0.25) is 0 Å². The minimum absolute atomic E-state index is 0.102. The van der Waals surface area contributed by atoms with E-state index in [0.29, 0.717) is 17.9 Å². The van der Waals surface area contributed by atoms with Gasteiger partial charge in [0.1, 0.15) is 0 Å². The molecule has 3 heteroatoms. The van der Waals surface area contributed by atoms with Gasteiger partial charge in [0, 0.05) is 31.6 Å². The van der Waals surface area contributed by atoms with E-state index >= 15 is 0 Å². The first-order valence-corrected chi connectivity index (χ1v) is 8.88. The van der Waals surface area contributed by atoms with E-state index in [1.807, 2.05) is 18.7 Å². The summed E-state index contributed by atoms with van der Waals surface area (Å²) >= 11 is 0. The lowest BCUT2D eigenvalue weighted by atomic mass is 9.92. The molecule has 1 aromatic carbocycles. The predicted molar refractivity (Wildman–Crippen MR) is 96.5 cm³/mol. The number of aryl methyl sites for hydroxylation is 3. The van der Waals surface area contributed by atoms with E-state index in [1.54, 1.807) is 0 Å². The van der Waals surface area contributed by atoms with Gasteiger partial charge >= 0.3 is 0 Å². The van der Waals surface area contributed by atoms with Crippen molar-refractivity contribution < 1.29 is 4.79 Å². The van der Waals surface area contributed by atoms with Crippen LogP contribution in [-0.2, 0) is 11.3 Å². The van der Waals surface area contributed by atoms with E-state index in [1.165, 1.54) is 22.3 Å². The average molecular weight is 316 g/mol. The Bertz CT molecular complexity index is 565. The van der Waals surface area contributed by atoms with E-state index in [2.05, 4.69) is 45.1 Å². The molecule has 3 nitrogen and oxygen atoms in total. The maximum atomic E-state index is 12.1. The van der Waals surface area contributed by atoms with Gasteiger partial charge in [0.2, 0.25) is 5.91 Å². The Morgan fingerprint density at radius 2 is 1.87 bits per heavy atom. The molecule has 2 atom stereocenters. The van der Waals surface area contributed by atoms with Crippen LogP contribution in [0.15, 0.2) is 12.1 Å². The Hall–Kier alpha value is -1.35. The van der Waals surface area contributed by atoms with Crippen LogP contribution in [0, 0.1) is 32.6 Å². The highest BCUT2D eigenvalue weighted by Gasteiger charge is 2.29. The van der Waals surface area contributed by atoms with Gasteiger partial charge in [0.15, 0.2) is 0 Å². The van der Waals surface area contributed by atoms with Crippen molar-refractivity contribution in [3.63, 3.8) is 0 Å². The molecule has 1 saturated heterocycles. The van der Waals surface area contributed by atoms with Gasteiger partial charge in [-0.2, -0.15) is 0 Å². The molecule has 0 spiro atoms. The number of benzene rings is 1. The molecular weight excluding hydrogens is 284 g/mol. The van der Waals surface area contributed by atoms with Gasteiger partial charge in [-0.1, -0.05) is 32.9 Å². The zero-order chi connectivity index (χ0) is 17.1. The van der Waals surface area contributed by atoms with E-state index in [-0.39, 0.29) is 5.92 Å². The summed E-state index contributed by atoms with van der Waals surface area (Å²) in [4.78, 5) is 14.2. The van der Waals surface area contributed by atoms with Crippen molar-refractivity contribution in [1.29, 1.82) is 0 Å². The lowest BCUT2D eigenvalue weighted by molar-refractivity contribution is -0.136. The summed E-state index contributed by atoms with van der Waals surface area (Å²) in [6.45, 7) is 15.4. The highest BCUT2D eigenvalue weighted by atomic mass is 16.2. The SMILES string of the molecule is Cc1cc(C)c(CN[C@H]2CCN(C(=O)C(C)C)C[C@@H]2C)cc1C. The molecule has 1 amide bonds. The second-order valence-corrected chi connectivity index (χ2v) is 7.56. The quantitative estimate of drug-likeness (QED) is 0.920. The molecule has 0 bridgehead atoms. The highest BCUT2D eigenvalue weighted by Crippen LogP contribution is 2.20. The van der Waals surface area contributed by atoms with Crippen molar-refractivity contribution in [1.82, 2.24) is 10.2 Å². The number of carbonyl (C=O) groups excluding carboxylic acids is 1. The van der Waals surface area contributed by atoms with Crippen LogP contribution < -0.4 is 5.32 Å². The fourth-order valence-corrected chi connectivity index (χ4v) is 3.47. The summed E-state index contributed by atoms with van der Waals surface area (Å²) in [6.07, 6.45) is 1.05. The first-order chi connectivity index (χ1) is 10.8.